The fourth-order valence-corrected chi connectivity index (χ4v) is 3.48. The summed E-state index contributed by atoms with van der Waals surface area (Å²) >= 11 is 0. The molecule has 0 spiro atoms. The number of benzene rings is 3. The van der Waals surface area contributed by atoms with Gasteiger partial charge in [0.2, 0.25) is 0 Å². The zero-order chi connectivity index (χ0) is 22.3. The van der Waals surface area contributed by atoms with Gasteiger partial charge in [-0.1, -0.05) is 48.5 Å². The minimum atomic E-state index is -0.483. The molecule has 1 N–H and O–H groups in total. The number of ether oxygens (including phenoxy) is 2. The van der Waals surface area contributed by atoms with Gasteiger partial charge >= 0.3 is 0 Å². The van der Waals surface area contributed by atoms with E-state index in [0.717, 1.165) is 28.2 Å². The van der Waals surface area contributed by atoms with Crippen LogP contribution in [0.1, 0.15) is 24.2 Å². The summed E-state index contributed by atoms with van der Waals surface area (Å²) in [5.74, 6) is 0.995. The van der Waals surface area contributed by atoms with Crippen LogP contribution < -0.4 is 14.8 Å². The Labute approximate surface area is 187 Å². The number of nitrogens with one attached hydrogen (secondary N) is 1. The number of para-hydroxylation sites is 1. The van der Waals surface area contributed by atoms with Crippen LogP contribution >= 0.6 is 0 Å². The Hall–Kier alpha value is -4.30. The number of anilines is 1. The summed E-state index contributed by atoms with van der Waals surface area (Å²) in [5, 5.41) is 12.5. The van der Waals surface area contributed by atoms with E-state index in [0.29, 0.717) is 12.3 Å². The molecule has 1 aliphatic heterocycles. The van der Waals surface area contributed by atoms with E-state index >= 15 is 0 Å². The molecule has 1 amide bonds. The first-order valence-corrected chi connectivity index (χ1v) is 10.4. The van der Waals surface area contributed by atoms with E-state index in [2.05, 4.69) is 5.32 Å². The van der Waals surface area contributed by atoms with E-state index in [1.165, 1.54) is 0 Å². The molecule has 0 bridgehead atoms. The second-order valence-electron chi connectivity index (χ2n) is 7.17. The third-order valence-electron chi connectivity index (χ3n) is 4.99. The molecule has 0 aliphatic carbocycles. The summed E-state index contributed by atoms with van der Waals surface area (Å²) in [4.78, 5) is 12.8. The molecular formula is C27H22N2O3. The van der Waals surface area contributed by atoms with Crippen LogP contribution in [0, 0.1) is 11.3 Å². The average Bonchev–Trinajstić information content (AvgIpc) is 2.84. The maximum atomic E-state index is 12.8. The van der Waals surface area contributed by atoms with Crippen molar-refractivity contribution < 1.29 is 14.3 Å². The first-order chi connectivity index (χ1) is 15.7. The van der Waals surface area contributed by atoms with Gasteiger partial charge in [-0.3, -0.25) is 4.79 Å². The average molecular weight is 422 g/mol. The highest BCUT2D eigenvalue weighted by atomic mass is 16.5. The maximum absolute atomic E-state index is 12.8. The van der Waals surface area contributed by atoms with Gasteiger partial charge in [-0.2, -0.15) is 5.26 Å². The smallest absolute Gasteiger partial charge is 0.266 e. The third-order valence-corrected chi connectivity index (χ3v) is 4.99. The molecule has 158 valence electrons. The predicted molar refractivity (Wildman–Crippen MR) is 124 cm³/mol. The number of carbonyl (C=O) groups excluding carboxylic acids is 1. The second-order valence-corrected chi connectivity index (χ2v) is 7.17. The van der Waals surface area contributed by atoms with Gasteiger partial charge < -0.3 is 14.8 Å². The quantitative estimate of drug-likeness (QED) is 0.409. The Morgan fingerprint density at radius 2 is 1.78 bits per heavy atom. The number of nitriles is 1. The van der Waals surface area contributed by atoms with Crippen molar-refractivity contribution in [2.24, 2.45) is 0 Å². The lowest BCUT2D eigenvalue weighted by Gasteiger charge is -2.26. The van der Waals surface area contributed by atoms with Crippen LogP contribution in [0.2, 0.25) is 0 Å². The molecule has 1 heterocycles. The number of amides is 1. The third kappa shape index (κ3) is 4.71. The van der Waals surface area contributed by atoms with Gasteiger partial charge in [-0.15, -0.1) is 0 Å². The van der Waals surface area contributed by atoms with Gasteiger partial charge in [0, 0.05) is 11.3 Å². The zero-order valence-corrected chi connectivity index (χ0v) is 17.6. The first kappa shape index (κ1) is 21.0. The molecule has 32 heavy (non-hydrogen) atoms. The van der Waals surface area contributed by atoms with Gasteiger partial charge in [0.1, 0.15) is 29.2 Å². The Balaban J connectivity index is 1.63. The highest BCUT2D eigenvalue weighted by molar-refractivity contribution is 6.07. The second kappa shape index (κ2) is 9.67. The van der Waals surface area contributed by atoms with Crippen LogP contribution in [-0.2, 0) is 4.79 Å². The molecule has 5 nitrogen and oxygen atoms in total. The Bertz CT molecular complexity index is 1210. The summed E-state index contributed by atoms with van der Waals surface area (Å²) in [5.41, 5.74) is 3.14. The Morgan fingerprint density at radius 3 is 2.50 bits per heavy atom. The SMILES string of the molecule is CCOc1ccc(NC(=O)C(C#N)=CC2=Cc3ccccc3OC2c2ccccc2)cc1. The molecular weight excluding hydrogens is 400 g/mol. The molecule has 0 fully saturated rings. The summed E-state index contributed by atoms with van der Waals surface area (Å²) in [7, 11) is 0. The van der Waals surface area contributed by atoms with Crippen LogP contribution in [0.15, 0.2) is 96.1 Å². The Kier molecular flexibility index (Phi) is 6.33. The van der Waals surface area contributed by atoms with E-state index in [9.17, 15) is 10.1 Å². The van der Waals surface area contributed by atoms with Crippen molar-refractivity contribution in [2.75, 3.05) is 11.9 Å². The number of rotatable bonds is 6. The van der Waals surface area contributed by atoms with E-state index in [-0.39, 0.29) is 5.57 Å². The van der Waals surface area contributed by atoms with Crippen LogP contribution in [0.25, 0.3) is 6.08 Å². The van der Waals surface area contributed by atoms with Gasteiger partial charge in [-0.05, 0) is 60.5 Å². The van der Waals surface area contributed by atoms with Crippen LogP contribution in [-0.4, -0.2) is 12.5 Å². The number of nitrogens with zero attached hydrogens (tertiary/aromatic N) is 1. The molecule has 5 heteroatoms. The molecule has 0 saturated heterocycles. The van der Waals surface area contributed by atoms with Crippen molar-refractivity contribution in [3.63, 3.8) is 0 Å². The molecule has 3 aromatic carbocycles. The van der Waals surface area contributed by atoms with E-state index in [1.807, 2.05) is 73.7 Å². The number of fused-ring (bicyclic) bond motifs is 1. The molecule has 1 atom stereocenters. The summed E-state index contributed by atoms with van der Waals surface area (Å²) in [6.07, 6.45) is 3.13. The molecule has 1 unspecified atom stereocenters. The van der Waals surface area contributed by atoms with Crippen LogP contribution in [0.3, 0.4) is 0 Å². The minimum Gasteiger partial charge on any atom is -0.494 e. The molecule has 0 saturated carbocycles. The highest BCUT2D eigenvalue weighted by Crippen LogP contribution is 2.38. The van der Waals surface area contributed by atoms with Gasteiger partial charge in [0.15, 0.2) is 0 Å². The number of carbonyl (C=O) groups is 1. The topological polar surface area (TPSA) is 71.3 Å². The molecule has 1 aliphatic rings. The number of hydrogen-bond donors (Lipinski definition) is 1. The lowest BCUT2D eigenvalue weighted by atomic mass is 9.94. The van der Waals surface area contributed by atoms with E-state index < -0.39 is 12.0 Å². The number of hydrogen-bond acceptors (Lipinski definition) is 4. The van der Waals surface area contributed by atoms with E-state index in [4.69, 9.17) is 9.47 Å². The van der Waals surface area contributed by atoms with Crippen molar-refractivity contribution in [3.05, 3.63) is 107 Å². The fraction of sp³-hybridized carbons (Fsp3) is 0.111. The lowest BCUT2D eigenvalue weighted by Crippen LogP contribution is -2.17. The predicted octanol–water partition coefficient (Wildman–Crippen LogP) is 5.69. The van der Waals surface area contributed by atoms with E-state index in [1.54, 1.807) is 30.3 Å². The maximum Gasteiger partial charge on any atom is 0.266 e. The van der Waals surface area contributed by atoms with Crippen molar-refractivity contribution in [3.8, 4) is 17.6 Å². The summed E-state index contributed by atoms with van der Waals surface area (Å²) < 4.78 is 11.7. The molecule has 0 radical (unpaired) electrons. The van der Waals surface area contributed by atoms with Crippen LogP contribution in [0.5, 0.6) is 11.5 Å². The normalized spacial score (nSPS) is 14.9. The minimum absolute atomic E-state index is 0.00551. The molecule has 0 aromatic heterocycles. The molecule has 4 rings (SSSR count). The summed E-state index contributed by atoms with van der Waals surface area (Å²) in [6.45, 7) is 2.47. The van der Waals surface area contributed by atoms with Crippen LogP contribution in [0.4, 0.5) is 5.69 Å². The highest BCUT2D eigenvalue weighted by Gasteiger charge is 2.24. The zero-order valence-electron chi connectivity index (χ0n) is 17.6. The van der Waals surface area contributed by atoms with Crippen molar-refractivity contribution in [1.82, 2.24) is 0 Å². The molecule has 3 aromatic rings. The van der Waals surface area contributed by atoms with Gasteiger partial charge in [0.25, 0.3) is 5.91 Å². The Morgan fingerprint density at radius 1 is 1.06 bits per heavy atom. The summed E-state index contributed by atoms with van der Waals surface area (Å²) in [6, 6.07) is 26.5. The van der Waals surface area contributed by atoms with Crippen molar-refractivity contribution in [2.45, 2.75) is 13.0 Å². The fourth-order valence-electron chi connectivity index (χ4n) is 3.48. The van der Waals surface area contributed by atoms with Crippen molar-refractivity contribution >= 4 is 17.7 Å². The largest absolute Gasteiger partial charge is 0.494 e. The van der Waals surface area contributed by atoms with Gasteiger partial charge in [-0.25, -0.2) is 0 Å². The lowest BCUT2D eigenvalue weighted by molar-refractivity contribution is -0.112. The first-order valence-electron chi connectivity index (χ1n) is 10.4. The standard InChI is InChI=1S/C27H22N2O3/c1-2-31-24-14-12-23(13-15-24)29-27(30)22(18-28)17-21-16-20-10-6-7-11-25(20)32-26(21)19-8-4-3-5-9-19/h3-17,26H,2H2,1H3,(H,29,30). The monoisotopic (exact) mass is 422 g/mol. The van der Waals surface area contributed by atoms with Gasteiger partial charge in [0.05, 0.1) is 6.61 Å². The van der Waals surface area contributed by atoms with Crippen molar-refractivity contribution in [1.29, 1.82) is 5.26 Å².